The first kappa shape index (κ1) is 14.4. The van der Waals surface area contributed by atoms with E-state index in [9.17, 15) is 0 Å². The summed E-state index contributed by atoms with van der Waals surface area (Å²) in [6, 6.07) is 18.1. The molecule has 0 heterocycles. The molecule has 0 saturated carbocycles. The van der Waals surface area contributed by atoms with Crippen LogP contribution in [0.3, 0.4) is 0 Å². The van der Waals surface area contributed by atoms with Gasteiger partial charge in [-0.1, -0.05) is 30.3 Å². The Morgan fingerprint density at radius 2 is 1.70 bits per heavy atom. The summed E-state index contributed by atoms with van der Waals surface area (Å²) in [5.74, 6) is 1.68. The fraction of sp³-hybridized carbons (Fsp3) is 0.294. The molecule has 0 radical (unpaired) electrons. The van der Waals surface area contributed by atoms with E-state index in [1.54, 1.807) is 7.11 Å². The first-order valence-electron chi connectivity index (χ1n) is 6.87. The molecule has 0 bridgehead atoms. The molecule has 2 aromatic rings. The van der Waals surface area contributed by atoms with Crippen LogP contribution in [0.4, 0.5) is 5.69 Å². The summed E-state index contributed by atoms with van der Waals surface area (Å²) in [4.78, 5) is 0. The van der Waals surface area contributed by atoms with Crippen LogP contribution in [0, 0.1) is 0 Å². The van der Waals surface area contributed by atoms with Gasteiger partial charge in [0, 0.05) is 19.8 Å². The zero-order valence-electron chi connectivity index (χ0n) is 12.0. The van der Waals surface area contributed by atoms with E-state index < -0.39 is 0 Å². The van der Waals surface area contributed by atoms with Gasteiger partial charge in [0.1, 0.15) is 5.75 Å². The normalized spacial score (nSPS) is 11.9. The molecule has 106 valence electrons. The predicted molar refractivity (Wildman–Crippen MR) is 82.5 cm³/mol. The third-order valence-corrected chi connectivity index (χ3v) is 3.01. The molecule has 1 N–H and O–H groups in total. The second-order valence-electron chi connectivity index (χ2n) is 4.74. The average molecular weight is 271 g/mol. The second-order valence-corrected chi connectivity index (χ2v) is 4.74. The topological polar surface area (TPSA) is 30.5 Å². The molecular formula is C17H21NO2. The largest absolute Gasteiger partial charge is 0.455 e. The fourth-order valence-electron chi connectivity index (χ4n) is 1.92. The van der Waals surface area contributed by atoms with Crippen molar-refractivity contribution in [1.29, 1.82) is 0 Å². The number of nitrogens with one attached hydrogen (secondary N) is 1. The number of ether oxygens (including phenoxy) is 2. The highest BCUT2D eigenvalue weighted by molar-refractivity contribution is 5.57. The Balaban J connectivity index is 2.06. The summed E-state index contributed by atoms with van der Waals surface area (Å²) in [6.07, 6.45) is 0.955. The van der Waals surface area contributed by atoms with Crippen LogP contribution in [-0.2, 0) is 4.74 Å². The average Bonchev–Trinajstić information content (AvgIpc) is 2.48. The lowest BCUT2D eigenvalue weighted by Crippen LogP contribution is -2.17. The molecule has 0 saturated heterocycles. The van der Waals surface area contributed by atoms with E-state index in [2.05, 4.69) is 12.2 Å². The first-order valence-corrected chi connectivity index (χ1v) is 6.87. The SMILES string of the molecule is COCCC(C)Nc1ccccc1Oc1ccccc1. The number of hydrogen-bond acceptors (Lipinski definition) is 3. The second kappa shape index (κ2) is 7.56. The lowest BCUT2D eigenvalue weighted by atomic mass is 10.2. The molecule has 1 atom stereocenters. The van der Waals surface area contributed by atoms with Crippen LogP contribution >= 0.6 is 0 Å². The predicted octanol–water partition coefficient (Wildman–Crippen LogP) is 4.32. The standard InChI is InChI=1S/C17H21NO2/c1-14(12-13-19-2)18-16-10-6-7-11-17(16)20-15-8-4-3-5-9-15/h3-11,14,18H,12-13H2,1-2H3. The van der Waals surface area contributed by atoms with Crippen LogP contribution in [-0.4, -0.2) is 19.8 Å². The number of methoxy groups -OCH3 is 1. The van der Waals surface area contributed by atoms with E-state index >= 15 is 0 Å². The smallest absolute Gasteiger partial charge is 0.150 e. The van der Waals surface area contributed by atoms with Crippen molar-refractivity contribution in [2.24, 2.45) is 0 Å². The Hall–Kier alpha value is -2.00. The molecule has 3 heteroatoms. The van der Waals surface area contributed by atoms with Crippen molar-refractivity contribution >= 4 is 5.69 Å². The van der Waals surface area contributed by atoms with Crippen LogP contribution in [0.5, 0.6) is 11.5 Å². The highest BCUT2D eigenvalue weighted by Crippen LogP contribution is 2.29. The number of para-hydroxylation sites is 3. The minimum Gasteiger partial charge on any atom is -0.455 e. The molecular weight excluding hydrogens is 250 g/mol. The zero-order valence-corrected chi connectivity index (χ0v) is 12.0. The first-order chi connectivity index (χ1) is 9.79. The summed E-state index contributed by atoms with van der Waals surface area (Å²) in [6.45, 7) is 2.88. The summed E-state index contributed by atoms with van der Waals surface area (Å²) >= 11 is 0. The molecule has 2 rings (SSSR count). The van der Waals surface area contributed by atoms with Gasteiger partial charge < -0.3 is 14.8 Å². The van der Waals surface area contributed by atoms with Crippen molar-refractivity contribution in [3.05, 3.63) is 54.6 Å². The van der Waals surface area contributed by atoms with Gasteiger partial charge in [-0.25, -0.2) is 0 Å². The fourth-order valence-corrected chi connectivity index (χ4v) is 1.92. The third-order valence-electron chi connectivity index (χ3n) is 3.01. The summed E-state index contributed by atoms with van der Waals surface area (Å²) in [5, 5.41) is 3.46. The van der Waals surface area contributed by atoms with Gasteiger partial charge in [0.2, 0.25) is 0 Å². The zero-order chi connectivity index (χ0) is 14.2. The molecule has 0 aromatic heterocycles. The van der Waals surface area contributed by atoms with Crippen molar-refractivity contribution in [3.63, 3.8) is 0 Å². The molecule has 0 amide bonds. The van der Waals surface area contributed by atoms with E-state index in [1.807, 2.05) is 54.6 Å². The maximum Gasteiger partial charge on any atom is 0.150 e. The van der Waals surface area contributed by atoms with Gasteiger partial charge >= 0.3 is 0 Å². The Bertz CT molecular complexity index is 513. The van der Waals surface area contributed by atoms with E-state index in [-0.39, 0.29) is 0 Å². The van der Waals surface area contributed by atoms with Crippen LogP contribution < -0.4 is 10.1 Å². The lowest BCUT2D eigenvalue weighted by molar-refractivity contribution is 0.191. The molecule has 0 aliphatic carbocycles. The number of rotatable bonds is 7. The summed E-state index contributed by atoms with van der Waals surface area (Å²) < 4.78 is 11.0. The van der Waals surface area contributed by atoms with Crippen LogP contribution in [0.15, 0.2) is 54.6 Å². The molecule has 0 aliphatic rings. The van der Waals surface area contributed by atoms with E-state index in [0.29, 0.717) is 6.04 Å². The molecule has 0 aliphatic heterocycles. The monoisotopic (exact) mass is 271 g/mol. The summed E-state index contributed by atoms with van der Waals surface area (Å²) in [5.41, 5.74) is 1.000. The van der Waals surface area contributed by atoms with Gasteiger partial charge in [0.25, 0.3) is 0 Å². The minimum absolute atomic E-state index is 0.329. The Morgan fingerprint density at radius 1 is 1.00 bits per heavy atom. The molecule has 20 heavy (non-hydrogen) atoms. The van der Waals surface area contributed by atoms with Crippen molar-refractivity contribution in [2.75, 3.05) is 19.0 Å². The summed E-state index contributed by atoms with van der Waals surface area (Å²) in [7, 11) is 1.72. The van der Waals surface area contributed by atoms with Crippen molar-refractivity contribution in [2.45, 2.75) is 19.4 Å². The third kappa shape index (κ3) is 4.28. The minimum atomic E-state index is 0.329. The number of hydrogen-bond donors (Lipinski definition) is 1. The van der Waals surface area contributed by atoms with E-state index in [4.69, 9.17) is 9.47 Å². The van der Waals surface area contributed by atoms with Gasteiger partial charge in [0.05, 0.1) is 5.69 Å². The number of benzene rings is 2. The van der Waals surface area contributed by atoms with Crippen LogP contribution in [0.2, 0.25) is 0 Å². The van der Waals surface area contributed by atoms with Crippen LogP contribution in [0.1, 0.15) is 13.3 Å². The van der Waals surface area contributed by atoms with E-state index in [0.717, 1.165) is 30.2 Å². The number of anilines is 1. The van der Waals surface area contributed by atoms with Gasteiger partial charge in [-0.2, -0.15) is 0 Å². The molecule has 0 fully saturated rings. The van der Waals surface area contributed by atoms with Crippen molar-refractivity contribution in [1.82, 2.24) is 0 Å². The Labute approximate surface area is 120 Å². The molecule has 0 spiro atoms. The van der Waals surface area contributed by atoms with Gasteiger partial charge in [0.15, 0.2) is 5.75 Å². The Kier molecular flexibility index (Phi) is 5.44. The Morgan fingerprint density at radius 3 is 2.45 bits per heavy atom. The highest BCUT2D eigenvalue weighted by Gasteiger charge is 2.07. The van der Waals surface area contributed by atoms with Crippen molar-refractivity contribution < 1.29 is 9.47 Å². The van der Waals surface area contributed by atoms with Crippen LogP contribution in [0.25, 0.3) is 0 Å². The lowest BCUT2D eigenvalue weighted by Gasteiger charge is -2.18. The maximum atomic E-state index is 5.92. The molecule has 1 unspecified atom stereocenters. The molecule has 2 aromatic carbocycles. The van der Waals surface area contributed by atoms with Gasteiger partial charge in [-0.3, -0.25) is 0 Å². The maximum absolute atomic E-state index is 5.92. The quantitative estimate of drug-likeness (QED) is 0.813. The van der Waals surface area contributed by atoms with Gasteiger partial charge in [-0.05, 0) is 37.6 Å². The van der Waals surface area contributed by atoms with E-state index in [1.165, 1.54) is 0 Å². The molecule has 3 nitrogen and oxygen atoms in total. The van der Waals surface area contributed by atoms with Crippen molar-refractivity contribution in [3.8, 4) is 11.5 Å². The van der Waals surface area contributed by atoms with Gasteiger partial charge in [-0.15, -0.1) is 0 Å². The highest BCUT2D eigenvalue weighted by atomic mass is 16.5.